The van der Waals surface area contributed by atoms with Crippen LogP contribution in [0, 0.1) is 0 Å². The number of anilines is 2. The molecule has 1 heterocycles. The Morgan fingerprint density at radius 3 is 2.61 bits per heavy atom. The minimum atomic E-state index is -0.313. The average Bonchev–Trinajstić information content (AvgIpc) is 3.20. The molecule has 0 fully saturated rings. The molecule has 1 aromatic heterocycles. The lowest BCUT2D eigenvalue weighted by Gasteiger charge is -2.19. The van der Waals surface area contributed by atoms with Gasteiger partial charge < -0.3 is 9.64 Å². The van der Waals surface area contributed by atoms with Crippen molar-refractivity contribution in [3.05, 3.63) is 59.5 Å². The van der Waals surface area contributed by atoms with Gasteiger partial charge in [0.2, 0.25) is 5.91 Å². The Hall–Kier alpha value is -3.19. The van der Waals surface area contributed by atoms with Gasteiger partial charge in [-0.25, -0.2) is 4.98 Å². The van der Waals surface area contributed by atoms with Gasteiger partial charge in [0.1, 0.15) is 5.75 Å². The van der Waals surface area contributed by atoms with Gasteiger partial charge in [-0.1, -0.05) is 31.2 Å². The molecule has 7 heteroatoms. The van der Waals surface area contributed by atoms with Crippen LogP contribution >= 0.6 is 11.3 Å². The van der Waals surface area contributed by atoms with E-state index >= 15 is 0 Å². The van der Waals surface area contributed by atoms with Crippen molar-refractivity contribution in [2.45, 2.75) is 13.3 Å². The normalized spacial score (nSPS) is 10.4. The monoisotopic (exact) mass is 395 g/mol. The highest BCUT2D eigenvalue weighted by Crippen LogP contribution is 2.32. The number of carbonyl (C=O) groups excluding carboxylic acids is 2. The second kappa shape index (κ2) is 8.67. The van der Waals surface area contributed by atoms with Crippen molar-refractivity contribution in [1.29, 1.82) is 0 Å². The minimum absolute atomic E-state index is 0.0621. The third-order valence-electron chi connectivity index (χ3n) is 4.29. The Morgan fingerprint density at radius 1 is 1.14 bits per heavy atom. The fourth-order valence-electron chi connectivity index (χ4n) is 2.81. The Balaban J connectivity index is 1.84. The van der Waals surface area contributed by atoms with E-state index in [4.69, 9.17) is 4.74 Å². The van der Waals surface area contributed by atoms with E-state index in [1.54, 1.807) is 45.3 Å². The van der Waals surface area contributed by atoms with Gasteiger partial charge >= 0.3 is 0 Å². The summed E-state index contributed by atoms with van der Waals surface area (Å²) in [5, 5.41) is 5.17. The number of carbonyl (C=O) groups is 2. The SMILES string of the molecule is CCC(=O)N(C)c1ccccc1C(=O)Nc1nc(-c2ccccc2OC)cs1. The fourth-order valence-corrected chi connectivity index (χ4v) is 3.51. The molecule has 144 valence electrons. The molecule has 3 rings (SSSR count). The molecule has 6 nitrogen and oxygen atoms in total. The van der Waals surface area contributed by atoms with Crippen LogP contribution in [0.2, 0.25) is 0 Å². The number of aromatic nitrogens is 1. The number of nitrogens with one attached hydrogen (secondary N) is 1. The van der Waals surface area contributed by atoms with Gasteiger partial charge in [0.25, 0.3) is 5.91 Å². The smallest absolute Gasteiger partial charge is 0.259 e. The van der Waals surface area contributed by atoms with Crippen LogP contribution < -0.4 is 15.0 Å². The Bertz CT molecular complexity index is 1000. The molecule has 0 bridgehead atoms. The maximum atomic E-state index is 12.8. The van der Waals surface area contributed by atoms with Crippen LogP contribution in [0.25, 0.3) is 11.3 Å². The molecular formula is C21H21N3O3S. The number of rotatable bonds is 6. The van der Waals surface area contributed by atoms with Crippen LogP contribution in [0.5, 0.6) is 5.75 Å². The lowest BCUT2D eigenvalue weighted by Crippen LogP contribution is -2.27. The first-order valence-corrected chi connectivity index (χ1v) is 9.69. The van der Waals surface area contributed by atoms with Crippen LogP contribution in [-0.2, 0) is 4.79 Å². The second-order valence-corrected chi connectivity index (χ2v) is 6.87. The van der Waals surface area contributed by atoms with Crippen molar-refractivity contribution in [1.82, 2.24) is 4.98 Å². The first kappa shape index (κ1) is 19.6. The van der Waals surface area contributed by atoms with Gasteiger partial charge in [0, 0.05) is 24.4 Å². The summed E-state index contributed by atoms with van der Waals surface area (Å²) in [5.41, 5.74) is 2.56. The lowest BCUT2D eigenvalue weighted by molar-refractivity contribution is -0.118. The third-order valence-corrected chi connectivity index (χ3v) is 5.05. The van der Waals surface area contributed by atoms with Gasteiger partial charge in [-0.3, -0.25) is 14.9 Å². The number of hydrogen-bond acceptors (Lipinski definition) is 5. The van der Waals surface area contributed by atoms with Gasteiger partial charge in [-0.15, -0.1) is 11.3 Å². The van der Waals surface area contributed by atoms with Gasteiger partial charge in [0.05, 0.1) is 24.1 Å². The van der Waals surface area contributed by atoms with E-state index in [0.717, 1.165) is 17.0 Å². The van der Waals surface area contributed by atoms with Gasteiger partial charge in [0.15, 0.2) is 5.13 Å². The second-order valence-electron chi connectivity index (χ2n) is 6.02. The zero-order valence-electron chi connectivity index (χ0n) is 15.9. The van der Waals surface area contributed by atoms with Crippen LogP contribution in [0.3, 0.4) is 0 Å². The molecule has 0 saturated heterocycles. The van der Waals surface area contributed by atoms with Crippen LogP contribution in [-0.4, -0.2) is 31.0 Å². The van der Waals surface area contributed by atoms with E-state index in [2.05, 4.69) is 10.3 Å². The first-order chi connectivity index (χ1) is 13.5. The first-order valence-electron chi connectivity index (χ1n) is 8.81. The number of methoxy groups -OCH3 is 1. The molecule has 0 aliphatic heterocycles. The van der Waals surface area contributed by atoms with Crippen molar-refractivity contribution in [2.75, 3.05) is 24.4 Å². The van der Waals surface area contributed by atoms with E-state index in [9.17, 15) is 9.59 Å². The standard InChI is InChI=1S/C21H21N3O3S/c1-4-19(25)24(2)17-11-7-5-10-15(17)20(26)23-21-22-16(13-28-21)14-9-6-8-12-18(14)27-3/h5-13H,4H2,1-3H3,(H,22,23,26). The molecule has 3 aromatic rings. The number of thiazole rings is 1. The molecule has 1 N–H and O–H groups in total. The Labute approximate surface area is 167 Å². The highest BCUT2D eigenvalue weighted by atomic mass is 32.1. The van der Waals surface area contributed by atoms with E-state index in [1.807, 2.05) is 29.6 Å². The molecule has 0 spiro atoms. The van der Waals surface area contributed by atoms with Crippen molar-refractivity contribution >= 4 is 34.0 Å². The van der Waals surface area contributed by atoms with Crippen molar-refractivity contribution in [3.8, 4) is 17.0 Å². The largest absolute Gasteiger partial charge is 0.496 e. The summed E-state index contributed by atoms with van der Waals surface area (Å²) in [6.07, 6.45) is 0.362. The van der Waals surface area contributed by atoms with Crippen LogP contribution in [0.15, 0.2) is 53.9 Å². The van der Waals surface area contributed by atoms with Crippen molar-refractivity contribution in [3.63, 3.8) is 0 Å². The summed E-state index contributed by atoms with van der Waals surface area (Å²) in [6.45, 7) is 1.79. The topological polar surface area (TPSA) is 71.5 Å². The van der Waals surface area contributed by atoms with Crippen LogP contribution in [0.4, 0.5) is 10.8 Å². The molecule has 0 aliphatic carbocycles. The minimum Gasteiger partial charge on any atom is -0.496 e. The zero-order chi connectivity index (χ0) is 20.1. The number of amides is 2. The lowest BCUT2D eigenvalue weighted by atomic mass is 10.1. The molecule has 2 amide bonds. The number of ether oxygens (including phenoxy) is 1. The summed E-state index contributed by atoms with van der Waals surface area (Å²) in [4.78, 5) is 30.9. The molecule has 28 heavy (non-hydrogen) atoms. The maximum absolute atomic E-state index is 12.8. The predicted molar refractivity (Wildman–Crippen MR) is 112 cm³/mol. The summed E-state index contributed by atoms with van der Waals surface area (Å²) in [6, 6.07) is 14.6. The van der Waals surface area contributed by atoms with Gasteiger partial charge in [-0.05, 0) is 24.3 Å². The fraction of sp³-hybridized carbons (Fsp3) is 0.190. The number of hydrogen-bond donors (Lipinski definition) is 1. The predicted octanol–water partition coefficient (Wildman–Crippen LogP) is 4.44. The van der Waals surface area contributed by atoms with Crippen molar-refractivity contribution < 1.29 is 14.3 Å². The van der Waals surface area contributed by atoms with E-state index in [1.165, 1.54) is 16.2 Å². The Morgan fingerprint density at radius 2 is 1.86 bits per heavy atom. The molecular weight excluding hydrogens is 374 g/mol. The summed E-state index contributed by atoms with van der Waals surface area (Å²) in [5.74, 6) is 0.343. The maximum Gasteiger partial charge on any atom is 0.259 e. The molecule has 0 atom stereocenters. The molecule has 2 aromatic carbocycles. The summed E-state index contributed by atoms with van der Waals surface area (Å²) >= 11 is 1.33. The summed E-state index contributed by atoms with van der Waals surface area (Å²) in [7, 11) is 3.28. The van der Waals surface area contributed by atoms with Crippen molar-refractivity contribution in [2.24, 2.45) is 0 Å². The Kier molecular flexibility index (Phi) is 6.06. The molecule has 0 aliphatic rings. The van der Waals surface area contributed by atoms with E-state index < -0.39 is 0 Å². The highest BCUT2D eigenvalue weighted by Gasteiger charge is 2.18. The number of benzene rings is 2. The van der Waals surface area contributed by atoms with E-state index in [-0.39, 0.29) is 11.8 Å². The number of nitrogens with zero attached hydrogens (tertiary/aromatic N) is 2. The average molecular weight is 395 g/mol. The summed E-state index contributed by atoms with van der Waals surface area (Å²) < 4.78 is 5.37. The van der Waals surface area contributed by atoms with E-state index in [0.29, 0.717) is 22.8 Å². The third kappa shape index (κ3) is 4.04. The number of para-hydroxylation sites is 2. The van der Waals surface area contributed by atoms with Gasteiger partial charge in [-0.2, -0.15) is 0 Å². The quantitative estimate of drug-likeness (QED) is 0.670. The van der Waals surface area contributed by atoms with Crippen LogP contribution in [0.1, 0.15) is 23.7 Å². The molecule has 0 saturated carbocycles. The molecule has 0 unspecified atom stereocenters. The zero-order valence-corrected chi connectivity index (χ0v) is 16.7. The highest BCUT2D eigenvalue weighted by molar-refractivity contribution is 7.14. The molecule has 0 radical (unpaired) electrons.